The Morgan fingerprint density at radius 2 is 1.61 bits per heavy atom. The van der Waals surface area contributed by atoms with E-state index >= 15 is 0 Å². The van der Waals surface area contributed by atoms with Crippen molar-refractivity contribution in [3.63, 3.8) is 0 Å². The summed E-state index contributed by atoms with van der Waals surface area (Å²) in [6, 6.07) is 4.05. The smallest absolute Gasteiger partial charge is 0.245 e. The van der Waals surface area contributed by atoms with Gasteiger partial charge in [-0.3, -0.25) is 0 Å². The number of hydrogen-bond donors (Lipinski definition) is 1. The lowest BCUT2D eigenvalue weighted by Gasteiger charge is -2.09. The summed E-state index contributed by atoms with van der Waals surface area (Å²) in [6.45, 7) is 0.163. The summed E-state index contributed by atoms with van der Waals surface area (Å²) in [6.07, 6.45) is 0.521. The maximum Gasteiger partial charge on any atom is 0.416 e. The molecule has 0 unspecified atom stereocenters. The van der Waals surface area contributed by atoms with Crippen LogP contribution >= 0.6 is 0 Å². The predicted octanol–water partition coefficient (Wildman–Crippen LogP) is 2.16. The Kier molecular flexibility index (Phi) is 5.32. The van der Waals surface area contributed by atoms with Gasteiger partial charge >= 0.3 is 6.18 Å². The molecule has 0 spiro atoms. The Morgan fingerprint density at radius 3 is 2.17 bits per heavy atom. The van der Waals surface area contributed by atoms with Gasteiger partial charge in [0.1, 0.15) is 6.33 Å². The summed E-state index contributed by atoms with van der Waals surface area (Å²) in [7, 11) is -3.63. The number of nitrogens with zero attached hydrogens (tertiary/aromatic N) is 2. The van der Waals surface area contributed by atoms with E-state index in [0.29, 0.717) is 6.42 Å². The van der Waals surface area contributed by atoms with E-state index in [2.05, 4.69) is 14.7 Å². The van der Waals surface area contributed by atoms with Crippen LogP contribution in [0.15, 0.2) is 43.0 Å². The average molecular weight is 345 g/mol. The first-order valence-corrected chi connectivity index (χ1v) is 8.29. The summed E-state index contributed by atoms with van der Waals surface area (Å²) in [5.41, 5.74) is 0.258. The van der Waals surface area contributed by atoms with Crippen molar-refractivity contribution in [3.8, 4) is 0 Å². The molecule has 0 saturated heterocycles. The molecule has 2 rings (SSSR count). The molecule has 2 aromatic rings. The minimum Gasteiger partial charge on any atom is -0.245 e. The molecule has 124 valence electrons. The van der Waals surface area contributed by atoms with Crippen molar-refractivity contribution in [2.24, 2.45) is 0 Å². The van der Waals surface area contributed by atoms with Gasteiger partial charge in [0.15, 0.2) is 0 Å². The molecular weight excluding hydrogens is 331 g/mol. The van der Waals surface area contributed by atoms with Crippen molar-refractivity contribution in [2.75, 3.05) is 6.54 Å². The largest absolute Gasteiger partial charge is 0.416 e. The van der Waals surface area contributed by atoms with Gasteiger partial charge in [0.05, 0.1) is 11.3 Å². The maximum absolute atomic E-state index is 12.4. The van der Waals surface area contributed by atoms with E-state index in [4.69, 9.17) is 0 Å². The van der Waals surface area contributed by atoms with Crippen molar-refractivity contribution in [2.45, 2.75) is 18.3 Å². The molecule has 5 nitrogen and oxygen atoms in total. The zero-order chi connectivity index (χ0) is 16.9. The second kappa shape index (κ2) is 7.05. The van der Waals surface area contributed by atoms with Crippen LogP contribution in [0.3, 0.4) is 0 Å². The number of aromatic nitrogens is 2. The highest BCUT2D eigenvalue weighted by molar-refractivity contribution is 7.88. The Bertz CT molecular complexity index is 732. The fraction of sp³-hybridized carbons (Fsp3) is 0.286. The fourth-order valence-electron chi connectivity index (χ4n) is 1.87. The lowest BCUT2D eigenvalue weighted by atomic mass is 10.1. The molecule has 0 atom stereocenters. The zero-order valence-electron chi connectivity index (χ0n) is 11.9. The van der Waals surface area contributed by atoms with Gasteiger partial charge in [-0.1, -0.05) is 12.1 Å². The van der Waals surface area contributed by atoms with Crippen molar-refractivity contribution in [3.05, 3.63) is 59.7 Å². The summed E-state index contributed by atoms with van der Waals surface area (Å²) in [4.78, 5) is 7.63. The standard InChI is InChI=1S/C14H14F3N3O2S/c15-14(16,17)13-3-1-11(2-4-13)9-23(21,22)20-6-5-12-7-18-10-19-8-12/h1-4,7-8,10,20H,5-6,9H2. The summed E-state index contributed by atoms with van der Waals surface area (Å²) >= 11 is 0. The molecule has 0 bridgehead atoms. The third-order valence-electron chi connectivity index (χ3n) is 2.99. The van der Waals surface area contributed by atoms with E-state index in [1.807, 2.05) is 0 Å². The lowest BCUT2D eigenvalue weighted by Crippen LogP contribution is -2.27. The molecular formula is C14H14F3N3O2S. The normalized spacial score (nSPS) is 12.3. The molecule has 0 fully saturated rings. The lowest BCUT2D eigenvalue weighted by molar-refractivity contribution is -0.137. The monoisotopic (exact) mass is 345 g/mol. The van der Waals surface area contributed by atoms with Crippen LogP contribution in [-0.4, -0.2) is 24.9 Å². The molecule has 0 saturated carbocycles. The van der Waals surface area contributed by atoms with Crippen molar-refractivity contribution in [1.29, 1.82) is 0 Å². The molecule has 1 heterocycles. The van der Waals surface area contributed by atoms with E-state index in [-0.39, 0.29) is 17.9 Å². The predicted molar refractivity (Wildman–Crippen MR) is 77.8 cm³/mol. The molecule has 1 aromatic carbocycles. The average Bonchev–Trinajstić information content (AvgIpc) is 2.47. The maximum atomic E-state index is 12.4. The van der Waals surface area contributed by atoms with E-state index in [1.165, 1.54) is 6.33 Å². The quantitative estimate of drug-likeness (QED) is 0.871. The second-order valence-corrected chi connectivity index (χ2v) is 6.65. The molecule has 1 aromatic heterocycles. The van der Waals surface area contributed by atoms with Crippen LogP contribution in [0.25, 0.3) is 0 Å². The number of rotatable bonds is 6. The highest BCUT2D eigenvalue weighted by Crippen LogP contribution is 2.29. The number of sulfonamides is 1. The van der Waals surface area contributed by atoms with Gasteiger partial charge in [-0.25, -0.2) is 23.1 Å². The van der Waals surface area contributed by atoms with Gasteiger partial charge in [-0.15, -0.1) is 0 Å². The van der Waals surface area contributed by atoms with Crippen LogP contribution in [0.4, 0.5) is 13.2 Å². The molecule has 0 amide bonds. The van der Waals surface area contributed by atoms with Crippen LogP contribution < -0.4 is 4.72 Å². The van der Waals surface area contributed by atoms with Gasteiger partial charge in [0.25, 0.3) is 0 Å². The molecule has 9 heteroatoms. The minimum absolute atomic E-state index is 0.163. The fourth-order valence-corrected chi connectivity index (χ4v) is 3.02. The Hall–Kier alpha value is -2.00. The van der Waals surface area contributed by atoms with Crippen LogP contribution in [0, 0.1) is 0 Å². The van der Waals surface area contributed by atoms with Crippen molar-refractivity contribution in [1.82, 2.24) is 14.7 Å². The topological polar surface area (TPSA) is 72.0 Å². The Balaban J connectivity index is 1.90. The van der Waals surface area contributed by atoms with E-state index < -0.39 is 21.8 Å². The number of nitrogens with one attached hydrogen (secondary N) is 1. The van der Waals surface area contributed by atoms with Gasteiger partial charge in [-0.05, 0) is 29.7 Å². The van der Waals surface area contributed by atoms with E-state index in [0.717, 1.165) is 29.8 Å². The Labute approximate surface area is 131 Å². The van der Waals surface area contributed by atoms with E-state index in [9.17, 15) is 21.6 Å². The molecule has 0 radical (unpaired) electrons. The summed E-state index contributed by atoms with van der Waals surface area (Å²) in [5.74, 6) is -0.379. The van der Waals surface area contributed by atoms with Gasteiger partial charge in [0.2, 0.25) is 10.0 Å². The van der Waals surface area contributed by atoms with Gasteiger partial charge in [-0.2, -0.15) is 13.2 Å². The minimum atomic E-state index is -4.44. The zero-order valence-corrected chi connectivity index (χ0v) is 12.7. The van der Waals surface area contributed by atoms with Crippen LogP contribution in [-0.2, 0) is 28.4 Å². The molecule has 0 aliphatic rings. The number of hydrogen-bond acceptors (Lipinski definition) is 4. The highest BCUT2D eigenvalue weighted by Gasteiger charge is 2.30. The third kappa shape index (κ3) is 5.61. The first kappa shape index (κ1) is 17.4. The van der Waals surface area contributed by atoms with Gasteiger partial charge in [0, 0.05) is 18.9 Å². The van der Waals surface area contributed by atoms with Gasteiger partial charge < -0.3 is 0 Å². The van der Waals surface area contributed by atoms with Crippen molar-refractivity contribution >= 4 is 10.0 Å². The van der Waals surface area contributed by atoms with Crippen LogP contribution in [0.2, 0.25) is 0 Å². The second-order valence-electron chi connectivity index (χ2n) is 4.84. The summed E-state index contributed by atoms with van der Waals surface area (Å²) < 4.78 is 63.5. The highest BCUT2D eigenvalue weighted by atomic mass is 32.2. The molecule has 0 aliphatic heterocycles. The SMILES string of the molecule is O=S(=O)(Cc1ccc(C(F)(F)F)cc1)NCCc1cncnc1. The molecule has 0 aliphatic carbocycles. The number of benzene rings is 1. The molecule has 1 N–H and O–H groups in total. The van der Waals surface area contributed by atoms with Crippen LogP contribution in [0.1, 0.15) is 16.7 Å². The third-order valence-corrected chi connectivity index (χ3v) is 4.34. The van der Waals surface area contributed by atoms with Crippen molar-refractivity contribution < 1.29 is 21.6 Å². The van der Waals surface area contributed by atoms with Crippen LogP contribution in [0.5, 0.6) is 0 Å². The number of halogens is 3. The first-order valence-electron chi connectivity index (χ1n) is 6.64. The first-order chi connectivity index (χ1) is 10.8. The molecule has 23 heavy (non-hydrogen) atoms. The summed E-state index contributed by atoms with van der Waals surface area (Å²) in [5, 5.41) is 0. The Morgan fingerprint density at radius 1 is 1.00 bits per heavy atom. The number of alkyl halides is 3. The van der Waals surface area contributed by atoms with E-state index in [1.54, 1.807) is 12.4 Å².